The fourth-order valence-electron chi connectivity index (χ4n) is 2.05. The van der Waals surface area contributed by atoms with E-state index in [-0.39, 0.29) is 16.9 Å². The molecule has 1 N–H and O–H groups in total. The number of halogens is 2. The fourth-order valence-corrected chi connectivity index (χ4v) is 2.93. The van der Waals surface area contributed by atoms with E-state index in [4.69, 9.17) is 0 Å². The third-order valence-electron chi connectivity index (χ3n) is 3.23. The van der Waals surface area contributed by atoms with Crippen molar-refractivity contribution in [2.24, 2.45) is 0 Å². The first-order valence-electron chi connectivity index (χ1n) is 7.07. The average Bonchev–Trinajstić information content (AvgIpc) is 2.60. The van der Waals surface area contributed by atoms with Gasteiger partial charge in [0.05, 0.1) is 21.1 Å². The Morgan fingerprint density at radius 3 is 2.38 bits per heavy atom. The van der Waals surface area contributed by atoms with Crippen LogP contribution in [0.3, 0.4) is 0 Å². The lowest BCUT2D eigenvalue weighted by molar-refractivity contribution is -0.385. The van der Waals surface area contributed by atoms with Crippen LogP contribution in [0.1, 0.15) is 5.56 Å². The fraction of sp³-hybridized carbons (Fsp3) is 0.0625. The van der Waals surface area contributed by atoms with Gasteiger partial charge in [0.15, 0.2) is 0 Å². The molecule has 0 fully saturated rings. The smallest absolute Gasteiger partial charge is 0.321 e. The van der Waals surface area contributed by atoms with Crippen molar-refractivity contribution in [1.82, 2.24) is 0 Å². The van der Waals surface area contributed by atoms with Gasteiger partial charge in [0, 0.05) is 12.1 Å². The topological polar surface area (TPSA) is 106 Å². The van der Waals surface area contributed by atoms with E-state index in [9.17, 15) is 32.1 Å². The van der Waals surface area contributed by atoms with Crippen molar-refractivity contribution in [2.75, 3.05) is 5.32 Å². The Morgan fingerprint density at radius 2 is 1.73 bits per heavy atom. The second-order valence-electron chi connectivity index (χ2n) is 4.94. The van der Waals surface area contributed by atoms with Crippen molar-refractivity contribution in [2.45, 2.75) is 10.7 Å². The highest BCUT2D eigenvalue weighted by Crippen LogP contribution is 2.26. The van der Waals surface area contributed by atoms with Crippen molar-refractivity contribution in [3.8, 4) is 0 Å². The Morgan fingerprint density at radius 1 is 1.12 bits per heavy atom. The average molecular weight is 382 g/mol. The molecule has 1 amide bonds. The molecule has 0 saturated heterocycles. The summed E-state index contributed by atoms with van der Waals surface area (Å²) in [5, 5.41) is 13.1. The highest BCUT2D eigenvalue weighted by molar-refractivity contribution is 7.91. The molecule has 0 bridgehead atoms. The quantitative estimate of drug-likeness (QED) is 0.469. The van der Waals surface area contributed by atoms with E-state index in [1.165, 1.54) is 36.4 Å². The number of hydrogen-bond acceptors (Lipinski definition) is 5. The Balaban J connectivity index is 2.26. The number of nitro groups is 1. The molecule has 0 aliphatic rings. The van der Waals surface area contributed by atoms with Crippen molar-refractivity contribution >= 4 is 33.2 Å². The number of carbonyl (C=O) groups is 1. The first kappa shape index (κ1) is 19.2. The summed E-state index contributed by atoms with van der Waals surface area (Å²) >= 11 is 0. The molecule has 0 atom stereocenters. The van der Waals surface area contributed by atoms with Crippen LogP contribution in [0.25, 0.3) is 6.08 Å². The lowest BCUT2D eigenvalue weighted by Crippen LogP contribution is -2.16. The van der Waals surface area contributed by atoms with Crippen molar-refractivity contribution in [1.29, 1.82) is 0 Å². The van der Waals surface area contributed by atoms with Gasteiger partial charge < -0.3 is 5.32 Å². The van der Waals surface area contributed by atoms with E-state index >= 15 is 0 Å². The van der Waals surface area contributed by atoms with Crippen molar-refractivity contribution in [3.05, 3.63) is 70.3 Å². The first-order chi connectivity index (χ1) is 12.2. The largest absolute Gasteiger partial charge is 0.341 e. The molecule has 0 radical (unpaired) electrons. The molecule has 7 nitrogen and oxygen atoms in total. The maximum Gasteiger partial charge on any atom is 0.341 e. The van der Waals surface area contributed by atoms with Crippen LogP contribution in [-0.4, -0.2) is 25.0 Å². The minimum atomic E-state index is -4.90. The van der Waals surface area contributed by atoms with Crippen molar-refractivity contribution in [3.63, 3.8) is 0 Å². The summed E-state index contributed by atoms with van der Waals surface area (Å²) in [5.41, 5.74) is -0.386. The van der Waals surface area contributed by atoms with Crippen molar-refractivity contribution < 1.29 is 26.9 Å². The Hall–Kier alpha value is -3.14. The van der Waals surface area contributed by atoms with Crippen LogP contribution in [0.5, 0.6) is 0 Å². The van der Waals surface area contributed by atoms with Crippen LogP contribution in [0.4, 0.5) is 20.2 Å². The Labute approximate surface area is 147 Å². The number of nitrogens with one attached hydrogen (secondary N) is 1. The third-order valence-corrected chi connectivity index (χ3v) is 4.67. The van der Waals surface area contributed by atoms with Gasteiger partial charge in [-0.25, -0.2) is 8.42 Å². The SMILES string of the molecule is O=C(/C=C/c1ccccc1[N+](=O)[O-])Nc1ccccc1S(=O)(=O)C(F)F. The van der Waals surface area contributed by atoms with Gasteiger partial charge in [-0.3, -0.25) is 14.9 Å². The first-order valence-corrected chi connectivity index (χ1v) is 8.61. The minimum Gasteiger partial charge on any atom is -0.321 e. The summed E-state index contributed by atoms with van der Waals surface area (Å²) in [6.45, 7) is 0. The maximum absolute atomic E-state index is 12.7. The lowest BCUT2D eigenvalue weighted by Gasteiger charge is -2.09. The molecule has 0 unspecified atom stereocenters. The molecule has 0 spiro atoms. The molecule has 10 heteroatoms. The number of benzene rings is 2. The van der Waals surface area contributed by atoms with Crippen LogP contribution in [0.15, 0.2) is 59.5 Å². The van der Waals surface area contributed by atoms with Crippen LogP contribution >= 0.6 is 0 Å². The molecular weight excluding hydrogens is 370 g/mol. The lowest BCUT2D eigenvalue weighted by atomic mass is 10.1. The van der Waals surface area contributed by atoms with Gasteiger partial charge in [0.2, 0.25) is 15.7 Å². The van der Waals surface area contributed by atoms with E-state index in [1.807, 2.05) is 0 Å². The molecule has 0 aliphatic carbocycles. The van der Waals surface area contributed by atoms with Gasteiger partial charge >= 0.3 is 5.76 Å². The summed E-state index contributed by atoms with van der Waals surface area (Å²) in [7, 11) is -4.90. The molecule has 0 saturated carbocycles. The second-order valence-corrected chi connectivity index (χ2v) is 6.83. The van der Waals surface area contributed by atoms with Crippen LogP contribution in [0.2, 0.25) is 0 Å². The molecule has 26 heavy (non-hydrogen) atoms. The number of sulfone groups is 1. The van der Waals surface area contributed by atoms with E-state index in [2.05, 4.69) is 5.32 Å². The summed E-state index contributed by atoms with van der Waals surface area (Å²) in [5.74, 6) is -4.47. The summed E-state index contributed by atoms with van der Waals surface area (Å²) in [6.07, 6.45) is 2.10. The van der Waals surface area contributed by atoms with Gasteiger partial charge in [-0.1, -0.05) is 24.3 Å². The molecule has 0 aliphatic heterocycles. The van der Waals surface area contributed by atoms with Gasteiger partial charge in [0.1, 0.15) is 0 Å². The number of alkyl halides is 2. The third kappa shape index (κ3) is 4.28. The Bertz CT molecular complexity index is 974. The van der Waals surface area contributed by atoms with Crippen LogP contribution < -0.4 is 5.32 Å². The number of anilines is 1. The van der Waals surface area contributed by atoms with Gasteiger partial charge in [-0.15, -0.1) is 0 Å². The second kappa shape index (κ2) is 7.83. The Kier molecular flexibility index (Phi) is 5.78. The molecular formula is C16H12F2N2O5S. The predicted molar refractivity (Wildman–Crippen MR) is 90.4 cm³/mol. The summed E-state index contributed by atoms with van der Waals surface area (Å²) in [4.78, 5) is 21.5. The zero-order chi connectivity index (χ0) is 19.3. The van der Waals surface area contributed by atoms with Gasteiger partial charge in [-0.05, 0) is 24.3 Å². The van der Waals surface area contributed by atoms with E-state index in [0.717, 1.165) is 24.3 Å². The minimum absolute atomic E-state index is 0.154. The zero-order valence-electron chi connectivity index (χ0n) is 13.0. The predicted octanol–water partition coefficient (Wildman–Crippen LogP) is 3.24. The van der Waals surface area contributed by atoms with Gasteiger partial charge in [-0.2, -0.15) is 8.78 Å². The molecule has 0 aromatic heterocycles. The number of amides is 1. The van der Waals surface area contributed by atoms with Crippen LogP contribution in [0, 0.1) is 10.1 Å². The summed E-state index contributed by atoms with van der Waals surface area (Å²) < 4.78 is 48.7. The monoisotopic (exact) mass is 382 g/mol. The zero-order valence-corrected chi connectivity index (χ0v) is 13.8. The standard InChI is InChI=1S/C16H12F2N2O5S/c17-16(18)26(24,25)14-8-4-2-6-12(14)19-15(21)10-9-11-5-1-3-7-13(11)20(22)23/h1-10,16H,(H,19,21)/b10-9+. The number of hydrogen-bond donors (Lipinski definition) is 1. The van der Waals surface area contributed by atoms with Crippen LogP contribution in [-0.2, 0) is 14.6 Å². The molecule has 136 valence electrons. The maximum atomic E-state index is 12.7. The van der Waals surface area contributed by atoms with Gasteiger partial charge in [0.25, 0.3) is 5.69 Å². The molecule has 2 rings (SSSR count). The highest BCUT2D eigenvalue weighted by Gasteiger charge is 2.29. The normalized spacial score (nSPS) is 11.7. The van der Waals surface area contributed by atoms with E-state index < -0.39 is 31.3 Å². The summed E-state index contributed by atoms with van der Waals surface area (Å²) in [6, 6.07) is 10.4. The number of para-hydroxylation sites is 2. The molecule has 2 aromatic carbocycles. The number of rotatable bonds is 6. The number of nitro benzene ring substituents is 1. The number of nitrogens with zero attached hydrogens (tertiary/aromatic N) is 1. The number of carbonyl (C=O) groups excluding carboxylic acids is 1. The molecule has 2 aromatic rings. The van der Waals surface area contributed by atoms with E-state index in [1.54, 1.807) is 0 Å². The molecule has 0 heterocycles. The highest BCUT2D eigenvalue weighted by atomic mass is 32.2. The van der Waals surface area contributed by atoms with E-state index in [0.29, 0.717) is 0 Å².